The lowest BCUT2D eigenvalue weighted by Crippen LogP contribution is -2.28. The van der Waals surface area contributed by atoms with Crippen molar-refractivity contribution >= 4 is 11.6 Å². The lowest BCUT2D eigenvalue weighted by molar-refractivity contribution is 0.328. The summed E-state index contributed by atoms with van der Waals surface area (Å²) in [5, 5.41) is 3.56. The van der Waals surface area contributed by atoms with Gasteiger partial charge in [0.25, 0.3) is 0 Å². The molecular formula is C15H26N4. The standard InChI is InChI=1S/C15H26N4/c1-4-13-18-14(16)10(2)15(19-13)17-11(3)12-8-6-5-7-9-12/h11-12H,4-9H2,1-3H3,(H3,16,17,18,19). The van der Waals surface area contributed by atoms with Gasteiger partial charge in [-0.25, -0.2) is 9.97 Å². The minimum Gasteiger partial charge on any atom is -0.383 e. The number of aryl methyl sites for hydroxylation is 1. The van der Waals surface area contributed by atoms with Crippen molar-refractivity contribution in [2.75, 3.05) is 11.1 Å². The second-order valence-corrected chi connectivity index (χ2v) is 5.68. The van der Waals surface area contributed by atoms with Gasteiger partial charge in [-0.1, -0.05) is 26.2 Å². The summed E-state index contributed by atoms with van der Waals surface area (Å²) < 4.78 is 0. The number of aromatic nitrogens is 2. The van der Waals surface area contributed by atoms with Crippen LogP contribution in [0.4, 0.5) is 11.6 Å². The first-order valence-corrected chi connectivity index (χ1v) is 7.51. The van der Waals surface area contributed by atoms with Crippen LogP contribution in [0.25, 0.3) is 0 Å². The number of rotatable bonds is 4. The average molecular weight is 262 g/mol. The molecule has 1 aromatic rings. The monoisotopic (exact) mass is 262 g/mol. The molecule has 1 saturated carbocycles. The Kier molecular flexibility index (Phi) is 4.61. The Balaban J connectivity index is 2.11. The van der Waals surface area contributed by atoms with Crippen LogP contribution in [-0.2, 0) is 6.42 Å². The third-order valence-electron chi connectivity index (χ3n) is 4.27. The van der Waals surface area contributed by atoms with Gasteiger partial charge in [0.1, 0.15) is 17.5 Å². The SMILES string of the molecule is CCc1nc(N)c(C)c(NC(C)C2CCCCC2)n1. The van der Waals surface area contributed by atoms with Crippen LogP contribution in [0.2, 0.25) is 0 Å². The van der Waals surface area contributed by atoms with E-state index in [1.165, 1.54) is 32.1 Å². The van der Waals surface area contributed by atoms with Crippen molar-refractivity contribution in [2.45, 2.75) is 65.3 Å². The summed E-state index contributed by atoms with van der Waals surface area (Å²) in [7, 11) is 0. The summed E-state index contributed by atoms with van der Waals surface area (Å²) >= 11 is 0. The highest BCUT2D eigenvalue weighted by atomic mass is 15.1. The molecule has 0 spiro atoms. The topological polar surface area (TPSA) is 63.8 Å². The average Bonchev–Trinajstić information content (AvgIpc) is 2.44. The van der Waals surface area contributed by atoms with Crippen LogP contribution in [0.3, 0.4) is 0 Å². The number of nitrogens with two attached hydrogens (primary N) is 1. The molecule has 3 N–H and O–H groups in total. The zero-order valence-corrected chi connectivity index (χ0v) is 12.4. The maximum absolute atomic E-state index is 5.96. The summed E-state index contributed by atoms with van der Waals surface area (Å²) in [5.41, 5.74) is 6.93. The highest BCUT2D eigenvalue weighted by Crippen LogP contribution is 2.28. The van der Waals surface area contributed by atoms with Crippen molar-refractivity contribution < 1.29 is 0 Å². The van der Waals surface area contributed by atoms with E-state index >= 15 is 0 Å². The van der Waals surface area contributed by atoms with E-state index in [0.29, 0.717) is 11.9 Å². The van der Waals surface area contributed by atoms with Crippen LogP contribution in [0.5, 0.6) is 0 Å². The molecule has 1 heterocycles. The van der Waals surface area contributed by atoms with E-state index in [2.05, 4.69) is 29.1 Å². The molecule has 106 valence electrons. The molecule has 1 fully saturated rings. The lowest BCUT2D eigenvalue weighted by Gasteiger charge is -2.29. The first-order valence-electron chi connectivity index (χ1n) is 7.51. The smallest absolute Gasteiger partial charge is 0.134 e. The van der Waals surface area contributed by atoms with Crippen LogP contribution >= 0.6 is 0 Å². The van der Waals surface area contributed by atoms with Crippen LogP contribution in [0.1, 0.15) is 57.3 Å². The first kappa shape index (κ1) is 14.1. The normalized spacial score (nSPS) is 18.3. The molecule has 1 atom stereocenters. The van der Waals surface area contributed by atoms with E-state index < -0.39 is 0 Å². The van der Waals surface area contributed by atoms with Gasteiger partial charge in [0.15, 0.2) is 0 Å². The molecule has 4 nitrogen and oxygen atoms in total. The van der Waals surface area contributed by atoms with Crippen LogP contribution < -0.4 is 11.1 Å². The van der Waals surface area contributed by atoms with Gasteiger partial charge in [0.05, 0.1) is 0 Å². The third kappa shape index (κ3) is 3.37. The van der Waals surface area contributed by atoms with Crippen LogP contribution in [0.15, 0.2) is 0 Å². The molecule has 4 heteroatoms. The van der Waals surface area contributed by atoms with Crippen molar-refractivity contribution in [3.05, 3.63) is 11.4 Å². The van der Waals surface area contributed by atoms with E-state index in [9.17, 15) is 0 Å². The number of hydrogen-bond acceptors (Lipinski definition) is 4. The Morgan fingerprint density at radius 2 is 1.95 bits per heavy atom. The molecule has 0 saturated heterocycles. The van der Waals surface area contributed by atoms with E-state index in [-0.39, 0.29) is 0 Å². The number of nitrogens with one attached hydrogen (secondary N) is 1. The van der Waals surface area contributed by atoms with Crippen molar-refractivity contribution in [3.63, 3.8) is 0 Å². The van der Waals surface area contributed by atoms with Crippen molar-refractivity contribution in [2.24, 2.45) is 5.92 Å². The fourth-order valence-electron chi connectivity index (χ4n) is 2.85. The summed E-state index contributed by atoms with van der Waals surface area (Å²) in [4.78, 5) is 8.88. The zero-order valence-electron chi connectivity index (χ0n) is 12.4. The number of nitrogen functional groups attached to an aromatic ring is 1. The van der Waals surface area contributed by atoms with E-state index in [4.69, 9.17) is 5.73 Å². The predicted molar refractivity (Wildman–Crippen MR) is 80.2 cm³/mol. The second kappa shape index (κ2) is 6.22. The summed E-state index contributed by atoms with van der Waals surface area (Å²) in [6, 6.07) is 0.456. The summed E-state index contributed by atoms with van der Waals surface area (Å²) in [5.74, 6) is 3.10. The fraction of sp³-hybridized carbons (Fsp3) is 0.733. The molecule has 0 aromatic carbocycles. The largest absolute Gasteiger partial charge is 0.383 e. The Morgan fingerprint density at radius 1 is 1.26 bits per heavy atom. The Bertz CT molecular complexity index is 424. The zero-order chi connectivity index (χ0) is 13.8. The minimum absolute atomic E-state index is 0.456. The predicted octanol–water partition coefficient (Wildman–Crippen LogP) is 3.31. The van der Waals surface area contributed by atoms with Gasteiger partial charge < -0.3 is 11.1 Å². The summed E-state index contributed by atoms with van der Waals surface area (Å²) in [6.45, 7) is 6.31. The van der Waals surface area contributed by atoms with E-state index in [1.54, 1.807) is 0 Å². The molecule has 0 radical (unpaired) electrons. The minimum atomic E-state index is 0.456. The molecule has 19 heavy (non-hydrogen) atoms. The van der Waals surface area contributed by atoms with Gasteiger partial charge in [-0.05, 0) is 32.6 Å². The van der Waals surface area contributed by atoms with E-state index in [0.717, 1.165) is 29.5 Å². The highest BCUT2D eigenvalue weighted by Gasteiger charge is 2.21. The quantitative estimate of drug-likeness (QED) is 0.873. The highest BCUT2D eigenvalue weighted by molar-refractivity contribution is 5.55. The van der Waals surface area contributed by atoms with Gasteiger partial charge in [-0.15, -0.1) is 0 Å². The maximum Gasteiger partial charge on any atom is 0.134 e. The number of hydrogen-bond donors (Lipinski definition) is 2. The molecule has 1 aliphatic rings. The first-order chi connectivity index (χ1) is 9.11. The maximum atomic E-state index is 5.96. The van der Waals surface area contributed by atoms with Crippen molar-refractivity contribution in [1.29, 1.82) is 0 Å². The van der Waals surface area contributed by atoms with Gasteiger partial charge in [0.2, 0.25) is 0 Å². The van der Waals surface area contributed by atoms with Crippen LogP contribution in [0, 0.1) is 12.8 Å². The van der Waals surface area contributed by atoms with Crippen molar-refractivity contribution in [3.8, 4) is 0 Å². The van der Waals surface area contributed by atoms with Gasteiger partial charge in [-0.2, -0.15) is 0 Å². The Morgan fingerprint density at radius 3 is 2.58 bits per heavy atom. The molecule has 1 aromatic heterocycles. The van der Waals surface area contributed by atoms with Crippen molar-refractivity contribution in [1.82, 2.24) is 9.97 Å². The molecule has 1 aliphatic carbocycles. The summed E-state index contributed by atoms with van der Waals surface area (Å²) in [6.07, 6.45) is 7.59. The molecule has 2 rings (SSSR count). The number of nitrogens with zero attached hydrogens (tertiary/aromatic N) is 2. The molecular weight excluding hydrogens is 236 g/mol. The molecule has 0 aliphatic heterocycles. The van der Waals surface area contributed by atoms with Gasteiger partial charge >= 0.3 is 0 Å². The fourth-order valence-corrected chi connectivity index (χ4v) is 2.85. The lowest BCUT2D eigenvalue weighted by atomic mass is 9.84. The van der Waals surface area contributed by atoms with Gasteiger partial charge in [-0.3, -0.25) is 0 Å². The second-order valence-electron chi connectivity index (χ2n) is 5.68. The van der Waals surface area contributed by atoms with Gasteiger partial charge in [0, 0.05) is 18.0 Å². The van der Waals surface area contributed by atoms with E-state index in [1.807, 2.05) is 6.92 Å². The molecule has 0 amide bonds. The third-order valence-corrected chi connectivity index (χ3v) is 4.27. The molecule has 1 unspecified atom stereocenters. The Hall–Kier alpha value is -1.32. The Labute approximate surface area is 116 Å². The van der Waals surface area contributed by atoms with Crippen LogP contribution in [-0.4, -0.2) is 16.0 Å². The molecule has 0 bridgehead atoms. The number of anilines is 2.